The fourth-order valence-electron chi connectivity index (χ4n) is 1.14. The number of ketones is 1. The first-order chi connectivity index (χ1) is 8.13. The fourth-order valence-corrected chi connectivity index (χ4v) is 1.14. The molecule has 0 aliphatic heterocycles. The zero-order chi connectivity index (χ0) is 12.7. The standard InChI is InChI=1S/C13H13NO3/c1-3-8-14-13(16)9-17-12-6-4-11(5-7-12)10(2)15/h1,4-7H,8-9H2,2H3,(H,14,16). The summed E-state index contributed by atoms with van der Waals surface area (Å²) in [6.07, 6.45) is 4.99. The van der Waals surface area contributed by atoms with Crippen LogP contribution >= 0.6 is 0 Å². The van der Waals surface area contributed by atoms with Gasteiger partial charge in [-0.15, -0.1) is 6.42 Å². The molecule has 1 rings (SSSR count). The molecule has 0 bridgehead atoms. The second kappa shape index (κ2) is 6.33. The average molecular weight is 231 g/mol. The summed E-state index contributed by atoms with van der Waals surface area (Å²) in [5.74, 6) is 2.54. The van der Waals surface area contributed by atoms with E-state index < -0.39 is 0 Å². The van der Waals surface area contributed by atoms with E-state index in [1.54, 1.807) is 24.3 Å². The third kappa shape index (κ3) is 4.39. The van der Waals surface area contributed by atoms with Crippen molar-refractivity contribution < 1.29 is 14.3 Å². The normalized spacial score (nSPS) is 9.18. The molecule has 88 valence electrons. The number of carbonyl (C=O) groups excluding carboxylic acids is 2. The molecular formula is C13H13NO3. The summed E-state index contributed by atoms with van der Waals surface area (Å²) in [5.41, 5.74) is 0.606. The van der Waals surface area contributed by atoms with E-state index in [9.17, 15) is 9.59 Å². The van der Waals surface area contributed by atoms with Crippen LogP contribution in [0.1, 0.15) is 17.3 Å². The van der Waals surface area contributed by atoms with Gasteiger partial charge in [0.1, 0.15) is 5.75 Å². The SMILES string of the molecule is C#CCNC(=O)COc1ccc(C(C)=O)cc1. The van der Waals surface area contributed by atoms with Gasteiger partial charge in [0.25, 0.3) is 5.91 Å². The third-order valence-corrected chi connectivity index (χ3v) is 2.02. The summed E-state index contributed by atoms with van der Waals surface area (Å²) >= 11 is 0. The Morgan fingerprint density at radius 3 is 2.53 bits per heavy atom. The minimum Gasteiger partial charge on any atom is -0.484 e. The topological polar surface area (TPSA) is 55.4 Å². The molecule has 0 aliphatic carbocycles. The second-order valence-electron chi connectivity index (χ2n) is 3.35. The van der Waals surface area contributed by atoms with Gasteiger partial charge in [0, 0.05) is 5.56 Å². The van der Waals surface area contributed by atoms with Gasteiger partial charge >= 0.3 is 0 Å². The van der Waals surface area contributed by atoms with Crippen molar-refractivity contribution >= 4 is 11.7 Å². The van der Waals surface area contributed by atoms with E-state index in [-0.39, 0.29) is 24.8 Å². The van der Waals surface area contributed by atoms with Crippen molar-refractivity contribution in [3.05, 3.63) is 29.8 Å². The van der Waals surface area contributed by atoms with Gasteiger partial charge in [0.15, 0.2) is 12.4 Å². The Balaban J connectivity index is 2.45. The Hall–Kier alpha value is -2.28. The van der Waals surface area contributed by atoms with Crippen LogP contribution in [0.15, 0.2) is 24.3 Å². The molecule has 0 spiro atoms. The quantitative estimate of drug-likeness (QED) is 0.608. The highest BCUT2D eigenvalue weighted by Crippen LogP contribution is 2.12. The lowest BCUT2D eigenvalue weighted by atomic mass is 10.1. The molecule has 0 saturated heterocycles. The van der Waals surface area contributed by atoms with Gasteiger partial charge < -0.3 is 10.1 Å². The number of carbonyl (C=O) groups is 2. The number of amides is 1. The molecule has 4 heteroatoms. The Morgan fingerprint density at radius 1 is 1.35 bits per heavy atom. The molecule has 0 saturated carbocycles. The Kier molecular flexibility index (Phi) is 4.77. The van der Waals surface area contributed by atoms with Gasteiger partial charge in [-0.3, -0.25) is 9.59 Å². The fraction of sp³-hybridized carbons (Fsp3) is 0.231. The molecule has 17 heavy (non-hydrogen) atoms. The first-order valence-corrected chi connectivity index (χ1v) is 5.07. The molecule has 0 aliphatic rings. The summed E-state index contributed by atoms with van der Waals surface area (Å²) in [7, 11) is 0. The maximum absolute atomic E-state index is 11.2. The number of Topliss-reactive ketones (excluding diaryl/α,β-unsaturated/α-hetero) is 1. The van der Waals surface area contributed by atoms with Crippen molar-refractivity contribution in [2.45, 2.75) is 6.92 Å². The number of rotatable bonds is 5. The first-order valence-electron chi connectivity index (χ1n) is 5.07. The molecule has 0 heterocycles. The molecule has 1 amide bonds. The van der Waals surface area contributed by atoms with Crippen LogP contribution < -0.4 is 10.1 Å². The van der Waals surface area contributed by atoms with Crippen LogP contribution in [-0.4, -0.2) is 24.8 Å². The lowest BCUT2D eigenvalue weighted by Gasteiger charge is -2.06. The number of ether oxygens (including phenoxy) is 1. The molecule has 0 radical (unpaired) electrons. The predicted octanol–water partition coefficient (Wildman–Crippen LogP) is 1.02. The van der Waals surface area contributed by atoms with Crippen LogP contribution in [-0.2, 0) is 4.79 Å². The van der Waals surface area contributed by atoms with Crippen molar-refractivity contribution in [1.82, 2.24) is 5.32 Å². The van der Waals surface area contributed by atoms with Crippen LogP contribution in [0.4, 0.5) is 0 Å². The summed E-state index contributed by atoms with van der Waals surface area (Å²) < 4.78 is 5.21. The highest BCUT2D eigenvalue weighted by molar-refractivity contribution is 5.94. The van der Waals surface area contributed by atoms with Crippen molar-refractivity contribution in [2.24, 2.45) is 0 Å². The van der Waals surface area contributed by atoms with Crippen LogP contribution in [0, 0.1) is 12.3 Å². The van der Waals surface area contributed by atoms with E-state index in [1.807, 2.05) is 0 Å². The van der Waals surface area contributed by atoms with Gasteiger partial charge in [-0.2, -0.15) is 0 Å². The second-order valence-corrected chi connectivity index (χ2v) is 3.35. The van der Waals surface area contributed by atoms with Crippen molar-refractivity contribution in [3.8, 4) is 18.1 Å². The summed E-state index contributed by atoms with van der Waals surface area (Å²) in [5, 5.41) is 2.48. The van der Waals surface area contributed by atoms with Crippen LogP contribution in [0.3, 0.4) is 0 Å². The van der Waals surface area contributed by atoms with E-state index in [2.05, 4.69) is 11.2 Å². The molecule has 0 fully saturated rings. The van der Waals surface area contributed by atoms with E-state index in [1.165, 1.54) is 6.92 Å². The lowest BCUT2D eigenvalue weighted by molar-refractivity contribution is -0.122. The lowest BCUT2D eigenvalue weighted by Crippen LogP contribution is -2.29. The van der Waals surface area contributed by atoms with Crippen LogP contribution in [0.5, 0.6) is 5.75 Å². The highest BCUT2D eigenvalue weighted by Gasteiger charge is 2.02. The molecule has 0 atom stereocenters. The van der Waals surface area contributed by atoms with E-state index in [0.29, 0.717) is 11.3 Å². The monoisotopic (exact) mass is 231 g/mol. The molecular weight excluding hydrogens is 218 g/mol. The van der Waals surface area contributed by atoms with Gasteiger partial charge in [-0.05, 0) is 31.2 Å². The number of hydrogen-bond donors (Lipinski definition) is 1. The van der Waals surface area contributed by atoms with Gasteiger partial charge in [0.05, 0.1) is 6.54 Å². The Labute approximate surface area is 100.0 Å². The Morgan fingerprint density at radius 2 is 2.00 bits per heavy atom. The molecule has 1 aromatic rings. The zero-order valence-electron chi connectivity index (χ0n) is 9.53. The summed E-state index contributed by atoms with van der Waals surface area (Å²) in [6, 6.07) is 6.59. The summed E-state index contributed by atoms with van der Waals surface area (Å²) in [6.45, 7) is 1.58. The van der Waals surface area contributed by atoms with E-state index in [0.717, 1.165) is 0 Å². The average Bonchev–Trinajstić information content (AvgIpc) is 2.34. The maximum Gasteiger partial charge on any atom is 0.258 e. The maximum atomic E-state index is 11.2. The number of terminal acetylenes is 1. The van der Waals surface area contributed by atoms with Gasteiger partial charge in [0.2, 0.25) is 0 Å². The van der Waals surface area contributed by atoms with E-state index in [4.69, 9.17) is 11.2 Å². The van der Waals surface area contributed by atoms with E-state index >= 15 is 0 Å². The molecule has 1 aromatic carbocycles. The predicted molar refractivity (Wildman–Crippen MR) is 63.8 cm³/mol. The van der Waals surface area contributed by atoms with Crippen LogP contribution in [0.2, 0.25) is 0 Å². The Bertz CT molecular complexity index is 443. The third-order valence-electron chi connectivity index (χ3n) is 2.02. The first kappa shape index (κ1) is 12.8. The van der Waals surface area contributed by atoms with Crippen molar-refractivity contribution in [3.63, 3.8) is 0 Å². The minimum absolute atomic E-state index is 0.0108. The number of benzene rings is 1. The largest absolute Gasteiger partial charge is 0.484 e. The minimum atomic E-state index is -0.279. The zero-order valence-corrected chi connectivity index (χ0v) is 9.53. The highest BCUT2D eigenvalue weighted by atomic mass is 16.5. The van der Waals surface area contributed by atoms with Gasteiger partial charge in [-0.1, -0.05) is 5.92 Å². The molecule has 0 unspecified atom stereocenters. The van der Waals surface area contributed by atoms with Crippen LogP contribution in [0.25, 0.3) is 0 Å². The van der Waals surface area contributed by atoms with Gasteiger partial charge in [-0.25, -0.2) is 0 Å². The number of nitrogens with one attached hydrogen (secondary N) is 1. The van der Waals surface area contributed by atoms with Crippen molar-refractivity contribution in [1.29, 1.82) is 0 Å². The molecule has 1 N–H and O–H groups in total. The molecule has 0 aromatic heterocycles. The summed E-state index contributed by atoms with van der Waals surface area (Å²) in [4.78, 5) is 22.2. The molecule has 4 nitrogen and oxygen atoms in total. The number of hydrogen-bond acceptors (Lipinski definition) is 3. The smallest absolute Gasteiger partial charge is 0.258 e. The van der Waals surface area contributed by atoms with Crippen molar-refractivity contribution in [2.75, 3.05) is 13.2 Å².